The molecule has 1 unspecified atom stereocenters. The van der Waals surface area contributed by atoms with Crippen LogP contribution in [-0.2, 0) is 33.3 Å². The first-order chi connectivity index (χ1) is 13.1. The van der Waals surface area contributed by atoms with Crippen molar-refractivity contribution in [3.05, 3.63) is 32.6 Å². The zero-order chi connectivity index (χ0) is 21.0. The lowest BCUT2D eigenvalue weighted by Gasteiger charge is -2.23. The predicted octanol–water partition coefficient (Wildman–Crippen LogP) is -1.27. The predicted molar refractivity (Wildman–Crippen MR) is 87.7 cm³/mol. The van der Waals surface area contributed by atoms with E-state index in [-0.39, 0.29) is 6.61 Å². The molecule has 0 amide bonds. The van der Waals surface area contributed by atoms with E-state index >= 15 is 0 Å². The van der Waals surface area contributed by atoms with Gasteiger partial charge in [-0.15, -0.1) is 0 Å². The second kappa shape index (κ2) is 8.49. The van der Waals surface area contributed by atoms with Crippen LogP contribution in [0.3, 0.4) is 0 Å². The zero-order valence-corrected chi connectivity index (χ0v) is 15.2. The molecule has 1 aromatic heterocycles. The third-order valence-corrected chi connectivity index (χ3v) is 3.70. The van der Waals surface area contributed by atoms with Gasteiger partial charge in [-0.1, -0.05) is 0 Å². The number of nitrogens with zero attached hydrogens (tertiary/aromatic N) is 2. The molecule has 0 spiro atoms. The number of esters is 3. The fourth-order valence-electron chi connectivity index (χ4n) is 2.67. The molecule has 1 N–H and O–H groups in total. The van der Waals surface area contributed by atoms with Gasteiger partial charge < -0.3 is 18.9 Å². The van der Waals surface area contributed by atoms with Crippen LogP contribution in [0.2, 0.25) is 0 Å². The Bertz CT molecular complexity index is 942. The van der Waals surface area contributed by atoms with Crippen molar-refractivity contribution in [2.45, 2.75) is 45.3 Å². The molecule has 12 nitrogen and oxygen atoms in total. The highest BCUT2D eigenvalue weighted by Gasteiger charge is 2.51. The maximum absolute atomic E-state index is 12.2. The van der Waals surface area contributed by atoms with Gasteiger partial charge in [0, 0.05) is 27.0 Å². The van der Waals surface area contributed by atoms with Crippen LogP contribution in [0.4, 0.5) is 0 Å². The summed E-state index contributed by atoms with van der Waals surface area (Å²) in [6.07, 6.45) is -4.02. The van der Waals surface area contributed by atoms with Gasteiger partial charge in [0.1, 0.15) is 24.3 Å². The Morgan fingerprint density at radius 1 is 1.14 bits per heavy atom. The first-order valence-corrected chi connectivity index (χ1v) is 8.03. The lowest BCUT2D eigenvalue weighted by molar-refractivity contribution is -0.166. The van der Waals surface area contributed by atoms with Gasteiger partial charge in [0.2, 0.25) is 0 Å². The number of rotatable bonds is 5. The van der Waals surface area contributed by atoms with Gasteiger partial charge in [-0.2, -0.15) is 5.26 Å². The number of hydrogen-bond donors (Lipinski definition) is 1. The van der Waals surface area contributed by atoms with Gasteiger partial charge in [-0.3, -0.25) is 28.7 Å². The van der Waals surface area contributed by atoms with Crippen LogP contribution in [0, 0.1) is 11.3 Å². The van der Waals surface area contributed by atoms with E-state index in [0.717, 1.165) is 31.5 Å². The summed E-state index contributed by atoms with van der Waals surface area (Å²) in [7, 11) is 0. The molecular formula is C16H17N3O9. The van der Waals surface area contributed by atoms with E-state index < -0.39 is 59.3 Å². The minimum atomic E-state index is -1.36. The molecule has 1 aliphatic heterocycles. The van der Waals surface area contributed by atoms with Crippen molar-refractivity contribution >= 4 is 17.9 Å². The Hall–Kier alpha value is -3.46. The highest BCUT2D eigenvalue weighted by atomic mass is 16.7. The molecule has 0 saturated carbocycles. The van der Waals surface area contributed by atoms with Crippen molar-refractivity contribution in [3.63, 3.8) is 0 Å². The summed E-state index contributed by atoms with van der Waals surface area (Å²) in [5, 5.41) is 9.02. The van der Waals surface area contributed by atoms with Gasteiger partial charge in [0.15, 0.2) is 18.4 Å². The highest BCUT2D eigenvalue weighted by molar-refractivity contribution is 5.68. The van der Waals surface area contributed by atoms with Crippen LogP contribution in [0.25, 0.3) is 0 Å². The highest BCUT2D eigenvalue weighted by Crippen LogP contribution is 2.33. The van der Waals surface area contributed by atoms with Crippen LogP contribution in [0.5, 0.6) is 0 Å². The average Bonchev–Trinajstić information content (AvgIpc) is 2.89. The van der Waals surface area contributed by atoms with Crippen molar-refractivity contribution in [2.24, 2.45) is 0 Å². The molecule has 1 aromatic rings. The molecule has 12 heteroatoms. The molecule has 1 aliphatic rings. The van der Waals surface area contributed by atoms with Gasteiger partial charge in [-0.05, 0) is 0 Å². The molecule has 0 radical (unpaired) electrons. The van der Waals surface area contributed by atoms with E-state index in [2.05, 4.69) is 0 Å². The Kier molecular flexibility index (Phi) is 6.32. The van der Waals surface area contributed by atoms with Crippen molar-refractivity contribution in [3.8, 4) is 6.07 Å². The number of hydrogen-bond acceptors (Lipinski definition) is 10. The van der Waals surface area contributed by atoms with E-state index in [1.54, 1.807) is 6.07 Å². The fraction of sp³-hybridized carbons (Fsp3) is 0.500. The van der Waals surface area contributed by atoms with Crippen LogP contribution >= 0.6 is 0 Å². The normalized spacial score (nSPS) is 23.5. The Balaban J connectivity index is 2.51. The topological polar surface area (TPSA) is 167 Å². The monoisotopic (exact) mass is 395 g/mol. The number of nitriles is 1. The summed E-state index contributed by atoms with van der Waals surface area (Å²) >= 11 is 0. The molecule has 2 heterocycles. The number of carbonyl (C=O) groups is 3. The standard InChI is InChI=1S/C16H17N3O9/c1-7(20)25-6-11-12(26-8(2)21)13(27-9(3)22)15(28-11)19-5-10(4-17)14(23)18-16(19)24/h5,11-13,15H,6H2,1-3H3,(H,18,23,24)/t11-,12?,13+,15-/m1/s1. The summed E-state index contributed by atoms with van der Waals surface area (Å²) in [6.45, 7) is 3.01. The largest absolute Gasteiger partial charge is 0.463 e. The van der Waals surface area contributed by atoms with E-state index in [0.29, 0.717) is 0 Å². The molecule has 4 atom stereocenters. The lowest BCUT2D eigenvalue weighted by Crippen LogP contribution is -2.42. The van der Waals surface area contributed by atoms with E-state index in [1.807, 2.05) is 4.98 Å². The molecule has 1 fully saturated rings. The SMILES string of the molecule is CC(=O)OC[C@H]1O[C@@H](n2cc(C#N)c(=O)[nH]c2=O)[C@@H](OC(C)=O)C1OC(C)=O. The molecule has 150 valence electrons. The maximum Gasteiger partial charge on any atom is 0.330 e. The van der Waals surface area contributed by atoms with Gasteiger partial charge >= 0.3 is 23.6 Å². The van der Waals surface area contributed by atoms with E-state index in [1.165, 1.54) is 0 Å². The van der Waals surface area contributed by atoms with Gasteiger partial charge in [-0.25, -0.2) is 4.79 Å². The van der Waals surface area contributed by atoms with E-state index in [9.17, 15) is 24.0 Å². The van der Waals surface area contributed by atoms with Crippen LogP contribution in [0.15, 0.2) is 15.8 Å². The molecule has 1 saturated heterocycles. The summed E-state index contributed by atoms with van der Waals surface area (Å²) < 4.78 is 21.7. The minimum absolute atomic E-state index is 0.356. The molecule has 2 rings (SSSR count). The summed E-state index contributed by atoms with van der Waals surface area (Å²) in [6, 6.07) is 1.62. The zero-order valence-electron chi connectivity index (χ0n) is 15.2. The summed E-state index contributed by atoms with van der Waals surface area (Å²) in [4.78, 5) is 59.9. The molecule has 0 aliphatic carbocycles. The van der Waals surface area contributed by atoms with Crippen molar-refractivity contribution < 1.29 is 33.3 Å². The van der Waals surface area contributed by atoms with Crippen molar-refractivity contribution in [1.82, 2.24) is 9.55 Å². The Labute approximate surface area is 157 Å². The summed E-state index contributed by atoms with van der Waals surface area (Å²) in [5.74, 6) is -2.13. The first kappa shape index (κ1) is 20.8. The van der Waals surface area contributed by atoms with Crippen molar-refractivity contribution in [1.29, 1.82) is 5.26 Å². The smallest absolute Gasteiger partial charge is 0.330 e. The van der Waals surface area contributed by atoms with Gasteiger partial charge in [0.25, 0.3) is 5.56 Å². The maximum atomic E-state index is 12.2. The fourth-order valence-corrected chi connectivity index (χ4v) is 2.67. The number of H-pyrrole nitrogens is 1. The molecule has 28 heavy (non-hydrogen) atoms. The molecule has 0 bridgehead atoms. The number of carbonyl (C=O) groups excluding carboxylic acids is 3. The number of nitrogens with one attached hydrogen (secondary N) is 1. The molecular weight excluding hydrogens is 378 g/mol. The van der Waals surface area contributed by atoms with E-state index in [4.69, 9.17) is 24.2 Å². The number of ether oxygens (including phenoxy) is 4. The number of aromatic nitrogens is 2. The third kappa shape index (κ3) is 4.63. The Morgan fingerprint density at radius 3 is 2.29 bits per heavy atom. The van der Waals surface area contributed by atoms with Crippen molar-refractivity contribution in [2.75, 3.05) is 6.61 Å². The lowest BCUT2D eigenvalue weighted by atomic mass is 10.1. The third-order valence-electron chi connectivity index (χ3n) is 3.70. The molecule has 0 aromatic carbocycles. The quantitative estimate of drug-likeness (QED) is 0.469. The van der Waals surface area contributed by atoms with Gasteiger partial charge in [0.05, 0.1) is 0 Å². The Morgan fingerprint density at radius 2 is 1.75 bits per heavy atom. The van der Waals surface area contributed by atoms with Crippen LogP contribution in [-0.4, -0.2) is 52.4 Å². The summed E-state index contributed by atoms with van der Waals surface area (Å²) in [5.41, 5.74) is -2.24. The van der Waals surface area contributed by atoms with Crippen LogP contribution in [0.1, 0.15) is 32.6 Å². The minimum Gasteiger partial charge on any atom is -0.463 e. The number of aromatic amines is 1. The second-order valence-corrected chi connectivity index (χ2v) is 5.84. The first-order valence-electron chi connectivity index (χ1n) is 8.03. The van der Waals surface area contributed by atoms with Crippen LogP contribution < -0.4 is 11.2 Å². The average molecular weight is 395 g/mol. The second-order valence-electron chi connectivity index (χ2n) is 5.84.